The molecule has 1 aromatic heterocycles. The predicted octanol–water partition coefficient (Wildman–Crippen LogP) is 2.13. The molecular formula is C13H6ClN5O. The topological polar surface area (TPSA) is 102 Å². The van der Waals surface area contributed by atoms with Crippen LogP contribution in [0.2, 0.25) is 5.15 Å². The number of carbonyl (C=O) groups is 1. The van der Waals surface area contributed by atoms with Gasteiger partial charge in [-0.1, -0.05) is 11.6 Å². The van der Waals surface area contributed by atoms with E-state index in [1.165, 1.54) is 30.6 Å². The molecule has 0 aliphatic heterocycles. The lowest BCUT2D eigenvalue weighted by Crippen LogP contribution is -2.14. The summed E-state index contributed by atoms with van der Waals surface area (Å²) in [5.74, 6) is -0.506. The van der Waals surface area contributed by atoms with Crippen LogP contribution >= 0.6 is 11.6 Å². The molecule has 2 aromatic rings. The Kier molecular flexibility index (Phi) is 3.90. The lowest BCUT2D eigenvalue weighted by molar-refractivity contribution is 0.102. The van der Waals surface area contributed by atoms with Gasteiger partial charge in [-0.05, 0) is 18.2 Å². The number of carbonyl (C=O) groups excluding carboxylic acids is 1. The van der Waals surface area contributed by atoms with Crippen LogP contribution < -0.4 is 5.32 Å². The smallest absolute Gasteiger partial charge is 0.275 e. The quantitative estimate of drug-likeness (QED) is 0.909. The minimum absolute atomic E-state index is 0.0559. The third kappa shape index (κ3) is 2.89. The Hall–Kier alpha value is -2.96. The lowest BCUT2D eigenvalue weighted by atomic mass is 10.1. The van der Waals surface area contributed by atoms with Crippen molar-refractivity contribution >= 4 is 23.2 Å². The first kappa shape index (κ1) is 13.5. The van der Waals surface area contributed by atoms with Gasteiger partial charge in [-0.25, -0.2) is 4.98 Å². The van der Waals surface area contributed by atoms with Gasteiger partial charge in [-0.15, -0.1) is 0 Å². The molecule has 1 amide bonds. The molecule has 6 nitrogen and oxygen atoms in total. The summed E-state index contributed by atoms with van der Waals surface area (Å²) in [6.07, 6.45) is 2.59. The first-order valence-electron chi connectivity index (χ1n) is 5.37. The highest BCUT2D eigenvalue weighted by molar-refractivity contribution is 6.29. The van der Waals surface area contributed by atoms with Crippen LogP contribution in [0.1, 0.15) is 21.6 Å². The highest BCUT2D eigenvalue weighted by Crippen LogP contribution is 2.15. The molecule has 0 atom stereocenters. The van der Waals surface area contributed by atoms with Crippen molar-refractivity contribution in [3.05, 3.63) is 52.6 Å². The van der Waals surface area contributed by atoms with Crippen LogP contribution in [-0.4, -0.2) is 15.9 Å². The maximum atomic E-state index is 11.9. The zero-order valence-electron chi connectivity index (χ0n) is 9.96. The van der Waals surface area contributed by atoms with Gasteiger partial charge in [-0.3, -0.25) is 9.78 Å². The summed E-state index contributed by atoms with van der Waals surface area (Å²) < 4.78 is 0. The fourth-order valence-corrected chi connectivity index (χ4v) is 1.61. The highest BCUT2D eigenvalue weighted by Gasteiger charge is 2.10. The molecular weight excluding hydrogens is 278 g/mol. The maximum Gasteiger partial charge on any atom is 0.275 e. The molecule has 7 heteroatoms. The number of hydrogen-bond acceptors (Lipinski definition) is 5. The number of nitriles is 2. The van der Waals surface area contributed by atoms with Gasteiger partial charge >= 0.3 is 0 Å². The minimum Gasteiger partial charge on any atom is -0.321 e. The van der Waals surface area contributed by atoms with Gasteiger partial charge in [0, 0.05) is 5.69 Å². The van der Waals surface area contributed by atoms with Crippen LogP contribution in [0.3, 0.4) is 0 Å². The van der Waals surface area contributed by atoms with Gasteiger partial charge in [-0.2, -0.15) is 10.5 Å². The van der Waals surface area contributed by atoms with E-state index >= 15 is 0 Å². The molecule has 0 saturated carbocycles. The Morgan fingerprint density at radius 1 is 1.20 bits per heavy atom. The van der Waals surface area contributed by atoms with Crippen LogP contribution in [0.25, 0.3) is 0 Å². The zero-order chi connectivity index (χ0) is 14.5. The molecule has 0 saturated heterocycles. The number of rotatable bonds is 2. The molecule has 0 aliphatic carbocycles. The van der Waals surface area contributed by atoms with Crippen molar-refractivity contribution in [2.24, 2.45) is 0 Å². The van der Waals surface area contributed by atoms with Gasteiger partial charge in [0.1, 0.15) is 23.0 Å². The largest absolute Gasteiger partial charge is 0.321 e. The number of hydrogen-bond donors (Lipinski definition) is 1. The number of aromatic nitrogens is 2. The average Bonchev–Trinajstić information content (AvgIpc) is 2.47. The summed E-state index contributed by atoms with van der Waals surface area (Å²) in [7, 11) is 0. The van der Waals surface area contributed by atoms with Crippen molar-refractivity contribution in [1.29, 1.82) is 10.5 Å². The van der Waals surface area contributed by atoms with Gasteiger partial charge in [0.05, 0.1) is 23.5 Å². The van der Waals surface area contributed by atoms with E-state index in [4.69, 9.17) is 22.1 Å². The summed E-state index contributed by atoms with van der Waals surface area (Å²) in [4.78, 5) is 19.5. The van der Waals surface area contributed by atoms with Gasteiger partial charge in [0.25, 0.3) is 5.91 Å². The molecule has 0 fully saturated rings. The van der Waals surface area contributed by atoms with Crippen molar-refractivity contribution in [2.45, 2.75) is 0 Å². The summed E-state index contributed by atoms with van der Waals surface area (Å²) in [6, 6.07) is 8.17. The Bertz CT molecular complexity index is 760. The minimum atomic E-state index is -0.506. The fourth-order valence-electron chi connectivity index (χ4n) is 1.46. The lowest BCUT2D eigenvalue weighted by Gasteiger charge is -2.05. The summed E-state index contributed by atoms with van der Waals surface area (Å²) >= 11 is 5.65. The van der Waals surface area contributed by atoms with Crippen molar-refractivity contribution in [1.82, 2.24) is 9.97 Å². The highest BCUT2D eigenvalue weighted by atomic mass is 35.5. The Balaban J connectivity index is 2.25. The molecule has 0 unspecified atom stereocenters. The van der Waals surface area contributed by atoms with E-state index in [1.807, 2.05) is 12.1 Å². The Labute approximate surface area is 119 Å². The van der Waals surface area contributed by atoms with Crippen molar-refractivity contribution in [3.8, 4) is 12.1 Å². The summed E-state index contributed by atoms with van der Waals surface area (Å²) in [5, 5.41) is 20.4. The second-order valence-electron chi connectivity index (χ2n) is 3.67. The first-order valence-corrected chi connectivity index (χ1v) is 5.75. The molecule has 0 spiro atoms. The molecule has 2 rings (SSSR count). The fraction of sp³-hybridized carbons (Fsp3) is 0. The van der Waals surface area contributed by atoms with E-state index in [0.29, 0.717) is 5.69 Å². The van der Waals surface area contributed by atoms with E-state index in [9.17, 15) is 4.79 Å². The number of benzene rings is 1. The molecule has 0 radical (unpaired) electrons. The SMILES string of the molecule is N#Cc1ccc(NC(=O)c2cncc(Cl)n2)cc1C#N. The van der Waals surface area contributed by atoms with Crippen molar-refractivity contribution in [2.75, 3.05) is 5.32 Å². The molecule has 0 aliphatic rings. The van der Waals surface area contributed by atoms with E-state index in [-0.39, 0.29) is 22.0 Å². The van der Waals surface area contributed by atoms with Crippen LogP contribution in [0, 0.1) is 22.7 Å². The van der Waals surface area contributed by atoms with Crippen molar-refractivity contribution in [3.63, 3.8) is 0 Å². The molecule has 1 heterocycles. The van der Waals surface area contributed by atoms with Crippen molar-refractivity contribution < 1.29 is 4.79 Å². The molecule has 0 bridgehead atoms. The maximum absolute atomic E-state index is 11.9. The molecule has 96 valence electrons. The second-order valence-corrected chi connectivity index (χ2v) is 4.05. The van der Waals surface area contributed by atoms with E-state index < -0.39 is 5.91 Å². The van der Waals surface area contributed by atoms with Crippen LogP contribution in [0.5, 0.6) is 0 Å². The van der Waals surface area contributed by atoms with Crippen LogP contribution in [-0.2, 0) is 0 Å². The zero-order valence-corrected chi connectivity index (χ0v) is 10.7. The Morgan fingerprint density at radius 3 is 2.60 bits per heavy atom. The standard InChI is InChI=1S/C13H6ClN5O/c14-12-7-17-6-11(19-12)13(20)18-10-2-1-8(4-15)9(3-10)5-16/h1-3,6-7H,(H,18,20). The van der Waals surface area contributed by atoms with Gasteiger partial charge < -0.3 is 5.32 Å². The predicted molar refractivity (Wildman–Crippen MR) is 70.9 cm³/mol. The number of nitrogens with one attached hydrogen (secondary N) is 1. The number of nitrogens with zero attached hydrogens (tertiary/aromatic N) is 4. The second kappa shape index (κ2) is 5.79. The summed E-state index contributed by atoms with van der Waals surface area (Å²) in [5.41, 5.74) is 0.864. The Morgan fingerprint density at radius 2 is 1.95 bits per heavy atom. The third-order valence-electron chi connectivity index (χ3n) is 2.36. The molecule has 1 N–H and O–H groups in total. The monoisotopic (exact) mass is 283 g/mol. The number of halogens is 1. The first-order chi connectivity index (χ1) is 9.63. The summed E-state index contributed by atoms with van der Waals surface area (Å²) in [6.45, 7) is 0. The van der Waals surface area contributed by atoms with Gasteiger partial charge in [0.2, 0.25) is 0 Å². The normalized spacial score (nSPS) is 9.35. The number of amides is 1. The molecule has 20 heavy (non-hydrogen) atoms. The molecule has 1 aromatic carbocycles. The van der Waals surface area contributed by atoms with E-state index in [1.54, 1.807) is 0 Å². The van der Waals surface area contributed by atoms with E-state index in [0.717, 1.165) is 0 Å². The number of anilines is 1. The van der Waals surface area contributed by atoms with Gasteiger partial charge in [0.15, 0.2) is 0 Å². The average molecular weight is 284 g/mol. The van der Waals surface area contributed by atoms with E-state index in [2.05, 4.69) is 15.3 Å². The third-order valence-corrected chi connectivity index (χ3v) is 2.54. The van der Waals surface area contributed by atoms with Crippen LogP contribution in [0.4, 0.5) is 5.69 Å². The van der Waals surface area contributed by atoms with Crippen LogP contribution in [0.15, 0.2) is 30.6 Å².